The average Bonchev–Trinajstić information content (AvgIpc) is 2.89. The highest BCUT2D eigenvalue weighted by atomic mass is 16.5. The molecule has 2 heterocycles. The molecular formula is C24H26N4O4. The molecule has 1 aliphatic heterocycles. The molecule has 1 aromatic heterocycles. The number of rotatable bonds is 6. The van der Waals surface area contributed by atoms with Crippen LogP contribution in [0.25, 0.3) is 11.1 Å². The molecule has 8 heteroatoms. The van der Waals surface area contributed by atoms with Crippen LogP contribution in [0, 0.1) is 0 Å². The minimum Gasteiger partial charge on any atom is -0.465 e. The maximum absolute atomic E-state index is 11.4. The van der Waals surface area contributed by atoms with E-state index in [4.69, 9.17) is 4.74 Å². The van der Waals surface area contributed by atoms with Gasteiger partial charge >= 0.3 is 5.97 Å². The Balaban J connectivity index is 0.000000305. The van der Waals surface area contributed by atoms with E-state index in [1.807, 2.05) is 36.4 Å². The quantitative estimate of drug-likeness (QED) is 0.471. The van der Waals surface area contributed by atoms with Crippen LogP contribution >= 0.6 is 0 Å². The first-order valence-corrected chi connectivity index (χ1v) is 10.2. The highest BCUT2D eigenvalue weighted by molar-refractivity contribution is 5.89. The van der Waals surface area contributed by atoms with Crippen molar-refractivity contribution in [2.75, 3.05) is 38.7 Å². The van der Waals surface area contributed by atoms with Gasteiger partial charge in [0, 0.05) is 43.3 Å². The van der Waals surface area contributed by atoms with Crippen LogP contribution in [0.1, 0.15) is 15.9 Å². The number of carbonyl (C=O) groups excluding carboxylic acids is 2. The lowest BCUT2D eigenvalue weighted by Crippen LogP contribution is -2.34. The van der Waals surface area contributed by atoms with Crippen LogP contribution in [0.3, 0.4) is 0 Å². The maximum Gasteiger partial charge on any atom is 0.337 e. The number of benzene rings is 2. The molecule has 4 rings (SSSR count). The predicted molar refractivity (Wildman–Crippen MR) is 121 cm³/mol. The lowest BCUT2D eigenvalue weighted by Gasteiger charge is -2.21. The van der Waals surface area contributed by atoms with E-state index in [1.54, 1.807) is 29.4 Å². The van der Waals surface area contributed by atoms with E-state index >= 15 is 0 Å². The molecule has 0 spiro atoms. The Morgan fingerprint density at radius 1 is 1.03 bits per heavy atom. The topological polar surface area (TPSA) is 93.7 Å². The molecule has 166 valence electrons. The summed E-state index contributed by atoms with van der Waals surface area (Å²) in [6.07, 6.45) is 5.96. The monoisotopic (exact) mass is 434 g/mol. The normalized spacial score (nSPS) is 12.8. The number of methoxy groups -OCH3 is 1. The van der Waals surface area contributed by atoms with Crippen molar-refractivity contribution in [3.63, 3.8) is 0 Å². The van der Waals surface area contributed by atoms with Crippen molar-refractivity contribution >= 4 is 18.1 Å². The Labute approximate surface area is 187 Å². The third-order valence-electron chi connectivity index (χ3n) is 4.85. The molecule has 2 aromatic carbocycles. The number of amides is 1. The molecule has 0 unspecified atom stereocenters. The number of ether oxygens (including phenoxy) is 2. The van der Waals surface area contributed by atoms with E-state index in [9.17, 15) is 9.59 Å². The minimum atomic E-state index is -0.324. The fourth-order valence-electron chi connectivity index (χ4n) is 2.99. The summed E-state index contributed by atoms with van der Waals surface area (Å²) in [5.41, 5.74) is 4.72. The van der Waals surface area contributed by atoms with Gasteiger partial charge in [0.1, 0.15) is 6.33 Å². The van der Waals surface area contributed by atoms with Crippen LogP contribution < -0.4 is 5.32 Å². The summed E-state index contributed by atoms with van der Waals surface area (Å²) in [4.78, 5) is 31.2. The summed E-state index contributed by atoms with van der Waals surface area (Å²) in [5.74, 6) is -0.324. The number of hydrogen-bond donors (Lipinski definition) is 1. The van der Waals surface area contributed by atoms with Crippen LogP contribution in [0.2, 0.25) is 0 Å². The van der Waals surface area contributed by atoms with Crippen molar-refractivity contribution < 1.29 is 19.1 Å². The summed E-state index contributed by atoms with van der Waals surface area (Å²) in [6, 6.07) is 15.5. The van der Waals surface area contributed by atoms with Gasteiger partial charge in [0.2, 0.25) is 6.41 Å². The Hall–Kier alpha value is -3.78. The smallest absolute Gasteiger partial charge is 0.337 e. The second-order valence-corrected chi connectivity index (χ2v) is 7.00. The summed E-state index contributed by atoms with van der Waals surface area (Å²) < 4.78 is 9.69. The van der Waals surface area contributed by atoms with Gasteiger partial charge in [-0.05, 0) is 35.4 Å². The van der Waals surface area contributed by atoms with Crippen molar-refractivity contribution in [2.45, 2.75) is 6.54 Å². The summed E-state index contributed by atoms with van der Waals surface area (Å²) in [7, 11) is 1.38. The molecule has 1 saturated heterocycles. The molecule has 0 bridgehead atoms. The Morgan fingerprint density at radius 2 is 1.69 bits per heavy atom. The molecule has 1 amide bonds. The van der Waals surface area contributed by atoms with Crippen molar-refractivity contribution in [3.05, 3.63) is 78.4 Å². The fourth-order valence-corrected chi connectivity index (χ4v) is 2.99. The lowest BCUT2D eigenvalue weighted by molar-refractivity contribution is -0.121. The summed E-state index contributed by atoms with van der Waals surface area (Å²) in [6.45, 7) is 3.57. The number of morpholine rings is 1. The van der Waals surface area contributed by atoms with Crippen LogP contribution in [0.4, 0.5) is 5.69 Å². The molecule has 32 heavy (non-hydrogen) atoms. The Kier molecular flexibility index (Phi) is 8.70. The number of aromatic nitrogens is 2. The lowest BCUT2D eigenvalue weighted by atomic mass is 10.1. The number of esters is 1. The first kappa shape index (κ1) is 22.9. The van der Waals surface area contributed by atoms with E-state index in [-0.39, 0.29) is 5.97 Å². The number of nitrogens with one attached hydrogen (secondary N) is 1. The number of carbonyl (C=O) groups is 2. The van der Waals surface area contributed by atoms with Crippen LogP contribution in [-0.4, -0.2) is 60.7 Å². The maximum atomic E-state index is 11.4. The van der Waals surface area contributed by atoms with Crippen LogP contribution in [0.5, 0.6) is 0 Å². The van der Waals surface area contributed by atoms with E-state index in [1.165, 1.54) is 13.4 Å². The molecule has 8 nitrogen and oxygen atoms in total. The van der Waals surface area contributed by atoms with Gasteiger partial charge in [0.25, 0.3) is 0 Å². The third kappa shape index (κ3) is 6.88. The van der Waals surface area contributed by atoms with Gasteiger partial charge in [-0.15, -0.1) is 0 Å². The molecule has 1 fully saturated rings. The standard InChI is InChI=1S/C19H17N3O2.C5H9NO2/c1-24-19(23)16-4-2-14(3-5-16)10-22-18-8-6-15(7-9-18)17-11-20-13-21-12-17;7-5-6-1-3-8-4-2-6/h2-9,11-13,22H,10H2,1H3;5H,1-4H2. The van der Waals surface area contributed by atoms with Gasteiger partial charge in [0.15, 0.2) is 0 Å². The van der Waals surface area contributed by atoms with Gasteiger partial charge in [-0.1, -0.05) is 24.3 Å². The Bertz CT molecular complexity index is 973. The molecular weight excluding hydrogens is 408 g/mol. The zero-order chi connectivity index (χ0) is 22.6. The Morgan fingerprint density at radius 3 is 2.25 bits per heavy atom. The van der Waals surface area contributed by atoms with Gasteiger partial charge in [-0.2, -0.15) is 0 Å². The first-order chi connectivity index (χ1) is 15.7. The highest BCUT2D eigenvalue weighted by Gasteiger charge is 2.06. The summed E-state index contributed by atoms with van der Waals surface area (Å²) >= 11 is 0. The minimum absolute atomic E-state index is 0.324. The fraction of sp³-hybridized carbons (Fsp3) is 0.250. The predicted octanol–water partition coefficient (Wildman–Crippen LogP) is 3.02. The molecule has 1 N–H and O–H groups in total. The van der Waals surface area contributed by atoms with E-state index < -0.39 is 0 Å². The number of nitrogens with zero attached hydrogens (tertiary/aromatic N) is 3. The molecule has 0 atom stereocenters. The van der Waals surface area contributed by atoms with Gasteiger partial charge in [-0.3, -0.25) is 4.79 Å². The molecule has 0 saturated carbocycles. The van der Waals surface area contributed by atoms with Crippen molar-refractivity contribution in [2.24, 2.45) is 0 Å². The zero-order valence-corrected chi connectivity index (χ0v) is 17.9. The van der Waals surface area contributed by atoms with Crippen molar-refractivity contribution in [1.82, 2.24) is 14.9 Å². The van der Waals surface area contributed by atoms with Gasteiger partial charge in [0.05, 0.1) is 25.9 Å². The number of anilines is 1. The third-order valence-corrected chi connectivity index (χ3v) is 4.85. The van der Waals surface area contributed by atoms with E-state index in [0.717, 1.165) is 41.9 Å². The summed E-state index contributed by atoms with van der Waals surface area (Å²) in [5, 5.41) is 3.35. The molecule has 0 radical (unpaired) electrons. The van der Waals surface area contributed by atoms with Crippen LogP contribution in [0.15, 0.2) is 67.3 Å². The highest BCUT2D eigenvalue weighted by Crippen LogP contribution is 2.20. The van der Waals surface area contributed by atoms with E-state index in [0.29, 0.717) is 25.3 Å². The second-order valence-electron chi connectivity index (χ2n) is 7.00. The first-order valence-electron chi connectivity index (χ1n) is 10.2. The van der Waals surface area contributed by atoms with E-state index in [2.05, 4.69) is 20.0 Å². The second kappa shape index (κ2) is 12.2. The molecule has 0 aliphatic carbocycles. The van der Waals surface area contributed by atoms with Gasteiger partial charge < -0.3 is 19.7 Å². The average molecular weight is 434 g/mol. The van der Waals surface area contributed by atoms with Crippen molar-refractivity contribution in [1.29, 1.82) is 0 Å². The van der Waals surface area contributed by atoms with Crippen LogP contribution in [-0.2, 0) is 20.8 Å². The van der Waals surface area contributed by atoms with Crippen molar-refractivity contribution in [3.8, 4) is 11.1 Å². The molecule has 3 aromatic rings. The van der Waals surface area contributed by atoms with Gasteiger partial charge in [-0.25, -0.2) is 14.8 Å². The largest absolute Gasteiger partial charge is 0.465 e. The zero-order valence-electron chi connectivity index (χ0n) is 17.9. The number of hydrogen-bond acceptors (Lipinski definition) is 7. The molecule has 1 aliphatic rings. The SMILES string of the molecule is COC(=O)c1ccc(CNc2ccc(-c3cncnc3)cc2)cc1.O=CN1CCOCC1.